The lowest BCUT2D eigenvalue weighted by Crippen LogP contribution is -2.25. The summed E-state index contributed by atoms with van der Waals surface area (Å²) in [4.78, 5) is 22.3. The number of amides is 2. The van der Waals surface area contributed by atoms with E-state index >= 15 is 0 Å². The molecule has 0 spiro atoms. The van der Waals surface area contributed by atoms with Crippen LogP contribution in [0.5, 0.6) is 23.0 Å². The molecule has 0 aromatic heterocycles. The highest BCUT2D eigenvalue weighted by Crippen LogP contribution is 2.32. The van der Waals surface area contributed by atoms with Gasteiger partial charge in [0.15, 0.2) is 13.2 Å². The van der Waals surface area contributed by atoms with Crippen LogP contribution in [-0.4, -0.2) is 57.2 Å². The lowest BCUT2D eigenvalue weighted by atomic mass is 10.2. The summed E-state index contributed by atoms with van der Waals surface area (Å²) in [6.45, 7) is 2.52. The predicted octanol–water partition coefficient (Wildman–Crippen LogP) is 3.97. The summed E-state index contributed by atoms with van der Waals surface area (Å²) >= 11 is 3.37. The largest absolute Gasteiger partial charge is 0.494 e. The molecule has 2 aromatic carbocycles. The number of halogens is 1. The van der Waals surface area contributed by atoms with Crippen LogP contribution in [0.4, 0.5) is 11.4 Å². The van der Waals surface area contributed by atoms with Crippen molar-refractivity contribution in [3.05, 3.63) is 36.4 Å². The number of carbonyl (C=O) groups excluding carboxylic acids is 2. The van der Waals surface area contributed by atoms with Gasteiger partial charge < -0.3 is 34.9 Å². The summed E-state index contributed by atoms with van der Waals surface area (Å²) in [5.74, 6) is 2.63. The third kappa shape index (κ3) is 8.95. The number of anilines is 2. The summed E-state index contributed by atoms with van der Waals surface area (Å²) in [7, 11) is 1.94. The van der Waals surface area contributed by atoms with Gasteiger partial charge in [0, 0.05) is 17.5 Å². The van der Waals surface area contributed by atoms with Gasteiger partial charge in [0.2, 0.25) is 0 Å². The Morgan fingerprint density at radius 3 is 1.83 bits per heavy atom. The molecule has 2 heterocycles. The molecule has 2 aliphatic rings. The molecule has 190 valence electrons. The van der Waals surface area contributed by atoms with Crippen LogP contribution < -0.4 is 34.9 Å². The quantitative estimate of drug-likeness (QED) is 0.287. The highest BCUT2D eigenvalue weighted by Gasteiger charge is 2.17. The Morgan fingerprint density at radius 1 is 0.829 bits per heavy atom. The molecule has 9 nitrogen and oxygen atoms in total. The van der Waals surface area contributed by atoms with E-state index in [-0.39, 0.29) is 25.0 Å². The van der Waals surface area contributed by atoms with E-state index < -0.39 is 0 Å². The third-order valence-corrected chi connectivity index (χ3v) is 5.62. The summed E-state index contributed by atoms with van der Waals surface area (Å²) < 4.78 is 21.7. The maximum absolute atomic E-state index is 11.2. The van der Waals surface area contributed by atoms with E-state index in [1.54, 1.807) is 12.1 Å². The third-order valence-electron chi connectivity index (χ3n) is 5.05. The van der Waals surface area contributed by atoms with Crippen molar-refractivity contribution in [3.63, 3.8) is 0 Å². The minimum atomic E-state index is -0.131. The van der Waals surface area contributed by atoms with Gasteiger partial charge >= 0.3 is 0 Å². The Kier molecular flexibility index (Phi) is 11.0. The molecule has 2 aromatic rings. The Balaban J connectivity index is 0.000000196. The first kappa shape index (κ1) is 26.6. The monoisotopic (exact) mass is 549 g/mol. The van der Waals surface area contributed by atoms with E-state index in [1.165, 1.54) is 0 Å². The Morgan fingerprint density at radius 2 is 1.34 bits per heavy atom. The molecule has 0 fully saturated rings. The van der Waals surface area contributed by atoms with Crippen molar-refractivity contribution in [3.8, 4) is 23.0 Å². The Labute approximate surface area is 214 Å². The van der Waals surface area contributed by atoms with Crippen molar-refractivity contribution >= 4 is 39.1 Å². The first-order chi connectivity index (χ1) is 17.1. The van der Waals surface area contributed by atoms with Gasteiger partial charge in [0.05, 0.1) is 24.6 Å². The highest BCUT2D eigenvalue weighted by atomic mass is 79.9. The lowest BCUT2D eigenvalue weighted by molar-refractivity contribution is -0.119. The molecule has 0 bridgehead atoms. The summed E-state index contributed by atoms with van der Waals surface area (Å²) in [6.07, 6.45) is 4.18. The number of alkyl halides is 1. The van der Waals surface area contributed by atoms with Crippen molar-refractivity contribution < 1.29 is 28.5 Å². The molecule has 0 saturated heterocycles. The topological polar surface area (TPSA) is 107 Å². The fourth-order valence-electron chi connectivity index (χ4n) is 3.28. The Bertz CT molecular complexity index is 988. The highest BCUT2D eigenvalue weighted by molar-refractivity contribution is 9.09. The number of hydrogen-bond donors (Lipinski definition) is 3. The molecule has 0 atom stereocenters. The van der Waals surface area contributed by atoms with Gasteiger partial charge in [-0.15, -0.1) is 0 Å². The van der Waals surface area contributed by atoms with Crippen LogP contribution in [0.15, 0.2) is 36.4 Å². The van der Waals surface area contributed by atoms with Crippen LogP contribution in [0.3, 0.4) is 0 Å². The first-order valence-corrected chi connectivity index (χ1v) is 12.8. The van der Waals surface area contributed by atoms with Gasteiger partial charge in [-0.2, -0.15) is 0 Å². The van der Waals surface area contributed by atoms with Gasteiger partial charge in [-0.1, -0.05) is 15.9 Å². The first-order valence-electron chi connectivity index (χ1n) is 11.7. The standard InChI is InChI=1S/C13H18N2O3.C12H14BrNO3/c1-14-6-2-3-7-17-10-4-5-12-11(8-10)15-13(16)9-18-12;13-5-1-2-6-16-9-3-4-11-10(7-9)14-12(15)8-17-11/h4-5,8,14H,2-3,6-7,9H2,1H3,(H,15,16);3-4,7H,1-2,5-6,8H2,(H,14,15). The van der Waals surface area contributed by atoms with Crippen LogP contribution in [0.25, 0.3) is 0 Å². The van der Waals surface area contributed by atoms with E-state index in [0.717, 1.165) is 49.1 Å². The van der Waals surface area contributed by atoms with Gasteiger partial charge in [0.25, 0.3) is 11.8 Å². The predicted molar refractivity (Wildman–Crippen MR) is 138 cm³/mol. The number of carbonyl (C=O) groups is 2. The molecule has 0 radical (unpaired) electrons. The molecular weight excluding hydrogens is 518 g/mol. The van der Waals surface area contributed by atoms with Crippen molar-refractivity contribution in [2.24, 2.45) is 0 Å². The van der Waals surface area contributed by atoms with E-state index in [0.29, 0.717) is 36.1 Å². The SMILES string of the molecule is CNCCCCOc1ccc2c(c1)NC(=O)CO2.O=C1COc2ccc(OCCCCBr)cc2N1. The van der Waals surface area contributed by atoms with Crippen LogP contribution >= 0.6 is 15.9 Å². The maximum atomic E-state index is 11.2. The van der Waals surface area contributed by atoms with Crippen LogP contribution in [0.1, 0.15) is 25.7 Å². The van der Waals surface area contributed by atoms with Gasteiger partial charge in [-0.25, -0.2) is 0 Å². The van der Waals surface area contributed by atoms with Crippen molar-refractivity contribution in [2.75, 3.05) is 56.0 Å². The van der Waals surface area contributed by atoms with E-state index in [9.17, 15) is 9.59 Å². The van der Waals surface area contributed by atoms with Gasteiger partial charge in [-0.05, 0) is 63.5 Å². The molecule has 2 amide bonds. The van der Waals surface area contributed by atoms with Crippen molar-refractivity contribution in [1.29, 1.82) is 0 Å². The maximum Gasteiger partial charge on any atom is 0.262 e. The number of hydrogen-bond acceptors (Lipinski definition) is 7. The Hall–Kier alpha value is -2.98. The lowest BCUT2D eigenvalue weighted by Gasteiger charge is -2.18. The summed E-state index contributed by atoms with van der Waals surface area (Å²) in [5.41, 5.74) is 1.36. The smallest absolute Gasteiger partial charge is 0.262 e. The minimum absolute atomic E-state index is 0.0806. The second kappa shape index (κ2) is 14.4. The zero-order valence-corrected chi connectivity index (χ0v) is 21.4. The molecular formula is C25H32BrN3O6. The number of ether oxygens (including phenoxy) is 4. The molecule has 10 heteroatoms. The normalized spacial score (nSPS) is 13.5. The van der Waals surface area contributed by atoms with E-state index in [4.69, 9.17) is 18.9 Å². The molecule has 4 rings (SSSR count). The molecule has 0 saturated carbocycles. The van der Waals surface area contributed by atoms with Crippen LogP contribution in [-0.2, 0) is 9.59 Å². The second-order valence-corrected chi connectivity index (χ2v) is 8.69. The average Bonchev–Trinajstić information content (AvgIpc) is 2.86. The number of fused-ring (bicyclic) bond motifs is 2. The zero-order chi connectivity index (χ0) is 24.9. The van der Waals surface area contributed by atoms with Gasteiger partial charge in [-0.3, -0.25) is 9.59 Å². The van der Waals surface area contributed by atoms with Crippen molar-refractivity contribution in [2.45, 2.75) is 25.7 Å². The van der Waals surface area contributed by atoms with Crippen molar-refractivity contribution in [1.82, 2.24) is 5.32 Å². The number of benzene rings is 2. The molecule has 3 N–H and O–H groups in total. The molecule has 0 aliphatic carbocycles. The van der Waals surface area contributed by atoms with E-state index in [1.807, 2.05) is 31.3 Å². The minimum Gasteiger partial charge on any atom is -0.494 e. The molecule has 0 unspecified atom stereocenters. The number of unbranched alkanes of at least 4 members (excludes halogenated alkanes) is 2. The van der Waals surface area contributed by atoms with Crippen LogP contribution in [0.2, 0.25) is 0 Å². The van der Waals surface area contributed by atoms with E-state index in [2.05, 4.69) is 31.9 Å². The second-order valence-electron chi connectivity index (χ2n) is 7.89. The molecule has 35 heavy (non-hydrogen) atoms. The van der Waals surface area contributed by atoms with Gasteiger partial charge in [0.1, 0.15) is 23.0 Å². The fourth-order valence-corrected chi connectivity index (χ4v) is 3.68. The number of nitrogens with one attached hydrogen (secondary N) is 3. The fraction of sp³-hybridized carbons (Fsp3) is 0.440. The molecule has 2 aliphatic heterocycles. The number of rotatable bonds is 11. The van der Waals surface area contributed by atoms with Crippen LogP contribution in [0, 0.1) is 0 Å². The average molecular weight is 550 g/mol. The zero-order valence-electron chi connectivity index (χ0n) is 19.9. The summed E-state index contributed by atoms with van der Waals surface area (Å²) in [5, 5.41) is 9.59. The summed E-state index contributed by atoms with van der Waals surface area (Å²) in [6, 6.07) is 10.9.